The Hall–Kier alpha value is -1.92. The standard InChI is InChI=1S/C22H29N5O.ClH/c1-15-23-20(26-25-15)17-9-11-27(12-10-17)21(28)22(13-16-5-3-2-4-6-16)14-18-7-8-19(22)24-18;/h2-6,17-19,24H,7-14H2,1H3,(H,23,25,26);1H/t18-,19+,22+;/m0./s1. The van der Waals surface area contributed by atoms with Crippen LogP contribution in [0.2, 0.25) is 0 Å². The molecule has 0 aliphatic carbocycles. The zero-order valence-electron chi connectivity index (χ0n) is 16.9. The largest absolute Gasteiger partial charge is 0.342 e. The van der Waals surface area contributed by atoms with Crippen LogP contribution in [0.25, 0.3) is 0 Å². The van der Waals surface area contributed by atoms with Crippen molar-refractivity contribution in [1.82, 2.24) is 25.4 Å². The van der Waals surface area contributed by atoms with Crippen molar-refractivity contribution in [1.29, 1.82) is 0 Å². The van der Waals surface area contributed by atoms with Crippen molar-refractivity contribution in [2.24, 2.45) is 5.41 Å². The zero-order chi connectivity index (χ0) is 19.1. The van der Waals surface area contributed by atoms with Gasteiger partial charge in [0.1, 0.15) is 5.82 Å². The van der Waals surface area contributed by atoms with Crippen LogP contribution in [0.4, 0.5) is 0 Å². The van der Waals surface area contributed by atoms with Crippen LogP contribution in [0.3, 0.4) is 0 Å². The van der Waals surface area contributed by atoms with Crippen LogP contribution in [0.15, 0.2) is 30.3 Å². The molecule has 29 heavy (non-hydrogen) atoms. The van der Waals surface area contributed by atoms with Crippen LogP contribution < -0.4 is 5.32 Å². The molecule has 1 amide bonds. The molecule has 4 heterocycles. The number of carbonyl (C=O) groups excluding carboxylic acids is 1. The second-order valence-electron chi connectivity index (χ2n) is 8.86. The number of nitrogens with zero attached hydrogens (tertiary/aromatic N) is 3. The number of carbonyl (C=O) groups is 1. The van der Waals surface area contributed by atoms with Crippen LogP contribution in [-0.4, -0.2) is 51.2 Å². The summed E-state index contributed by atoms with van der Waals surface area (Å²) < 4.78 is 0. The molecule has 2 N–H and O–H groups in total. The maximum absolute atomic E-state index is 13.8. The molecule has 7 heteroatoms. The van der Waals surface area contributed by atoms with Crippen molar-refractivity contribution in [2.45, 2.75) is 63.5 Å². The van der Waals surface area contributed by atoms with Gasteiger partial charge in [0, 0.05) is 31.1 Å². The van der Waals surface area contributed by atoms with Crippen molar-refractivity contribution < 1.29 is 4.79 Å². The van der Waals surface area contributed by atoms with Crippen molar-refractivity contribution in [3.05, 3.63) is 47.5 Å². The van der Waals surface area contributed by atoms with E-state index in [2.05, 4.69) is 49.7 Å². The number of piperidine rings is 1. The summed E-state index contributed by atoms with van der Waals surface area (Å²) in [5, 5.41) is 11.0. The van der Waals surface area contributed by atoms with Gasteiger partial charge in [-0.25, -0.2) is 4.98 Å². The summed E-state index contributed by atoms with van der Waals surface area (Å²) in [6.45, 7) is 3.56. The van der Waals surface area contributed by atoms with Gasteiger partial charge in [-0.3, -0.25) is 9.89 Å². The van der Waals surface area contributed by atoms with E-state index < -0.39 is 0 Å². The molecule has 3 atom stereocenters. The molecule has 0 saturated carbocycles. The number of hydrogen-bond donors (Lipinski definition) is 2. The maximum atomic E-state index is 13.8. The lowest BCUT2D eigenvalue weighted by molar-refractivity contribution is -0.144. The molecule has 5 rings (SSSR count). The third-order valence-electron chi connectivity index (χ3n) is 7.07. The maximum Gasteiger partial charge on any atom is 0.230 e. The molecule has 2 aromatic rings. The van der Waals surface area contributed by atoms with E-state index in [4.69, 9.17) is 0 Å². The number of fused-ring (bicyclic) bond motifs is 2. The van der Waals surface area contributed by atoms with Gasteiger partial charge in [0.2, 0.25) is 5.91 Å². The van der Waals surface area contributed by atoms with Gasteiger partial charge in [0.15, 0.2) is 5.82 Å². The molecule has 6 nitrogen and oxygen atoms in total. The second-order valence-corrected chi connectivity index (χ2v) is 8.86. The van der Waals surface area contributed by atoms with E-state index in [1.165, 1.54) is 12.0 Å². The summed E-state index contributed by atoms with van der Waals surface area (Å²) >= 11 is 0. The lowest BCUT2D eigenvalue weighted by Gasteiger charge is -2.41. The van der Waals surface area contributed by atoms with Gasteiger partial charge in [-0.15, -0.1) is 12.4 Å². The molecule has 1 aromatic heterocycles. The topological polar surface area (TPSA) is 73.9 Å². The van der Waals surface area contributed by atoms with Gasteiger partial charge < -0.3 is 10.2 Å². The number of likely N-dealkylation sites (tertiary alicyclic amines) is 1. The number of aryl methyl sites for hydroxylation is 1. The summed E-state index contributed by atoms with van der Waals surface area (Å²) in [5.74, 6) is 2.49. The summed E-state index contributed by atoms with van der Waals surface area (Å²) in [4.78, 5) is 20.4. The Bertz CT molecular complexity index is 848. The minimum atomic E-state index is -0.279. The van der Waals surface area contributed by atoms with E-state index in [1.54, 1.807) is 0 Å². The van der Waals surface area contributed by atoms with Crippen LogP contribution in [0.5, 0.6) is 0 Å². The molecule has 0 unspecified atom stereocenters. The monoisotopic (exact) mass is 415 g/mol. The van der Waals surface area contributed by atoms with Gasteiger partial charge in [-0.2, -0.15) is 5.10 Å². The number of hydrogen-bond acceptors (Lipinski definition) is 4. The highest BCUT2D eigenvalue weighted by molar-refractivity contribution is 5.85. The summed E-state index contributed by atoms with van der Waals surface area (Å²) in [7, 11) is 0. The van der Waals surface area contributed by atoms with Crippen LogP contribution in [0.1, 0.15) is 55.2 Å². The molecule has 3 saturated heterocycles. The highest BCUT2D eigenvalue weighted by Gasteiger charge is 2.56. The average Bonchev–Trinajstić information content (AvgIpc) is 3.45. The first-order valence-corrected chi connectivity index (χ1v) is 10.6. The first-order chi connectivity index (χ1) is 13.6. The molecule has 2 bridgehead atoms. The normalized spacial score (nSPS) is 29.1. The third-order valence-corrected chi connectivity index (χ3v) is 7.07. The molecule has 3 aliphatic rings. The fourth-order valence-corrected chi connectivity index (χ4v) is 5.66. The minimum Gasteiger partial charge on any atom is -0.342 e. The predicted octanol–water partition coefficient (Wildman–Crippen LogP) is 2.99. The number of amides is 1. The molecule has 0 spiro atoms. The van der Waals surface area contributed by atoms with Gasteiger partial charge in [0.05, 0.1) is 5.41 Å². The van der Waals surface area contributed by atoms with Crippen molar-refractivity contribution in [3.8, 4) is 0 Å². The van der Waals surface area contributed by atoms with E-state index in [1.807, 2.05) is 13.0 Å². The SMILES string of the molecule is Cc1nc(C2CCN(C(=O)[C@]3(Cc4ccccc4)C[C@@H]4CC[C@H]3N4)CC2)n[nH]1.Cl. The number of aromatic amines is 1. The van der Waals surface area contributed by atoms with Crippen LogP contribution >= 0.6 is 12.4 Å². The number of rotatable bonds is 4. The number of nitrogens with one attached hydrogen (secondary N) is 2. The van der Waals surface area contributed by atoms with Crippen LogP contribution in [0, 0.1) is 12.3 Å². The average molecular weight is 416 g/mol. The third kappa shape index (κ3) is 3.68. The van der Waals surface area contributed by atoms with Crippen molar-refractivity contribution in [3.63, 3.8) is 0 Å². The number of H-pyrrole nitrogens is 1. The van der Waals surface area contributed by atoms with E-state index in [-0.39, 0.29) is 17.8 Å². The fourth-order valence-electron chi connectivity index (χ4n) is 5.66. The summed E-state index contributed by atoms with van der Waals surface area (Å²) in [6, 6.07) is 11.4. The van der Waals surface area contributed by atoms with Crippen molar-refractivity contribution >= 4 is 18.3 Å². The van der Waals surface area contributed by atoms with E-state index in [0.29, 0.717) is 23.9 Å². The lowest BCUT2D eigenvalue weighted by Crippen LogP contribution is -2.53. The summed E-state index contributed by atoms with van der Waals surface area (Å²) in [6.07, 6.45) is 6.06. The molecule has 3 fully saturated rings. The Labute approximate surface area is 178 Å². The molecule has 3 aliphatic heterocycles. The van der Waals surface area contributed by atoms with E-state index >= 15 is 0 Å². The minimum absolute atomic E-state index is 0. The fraction of sp³-hybridized carbons (Fsp3) is 0.591. The van der Waals surface area contributed by atoms with E-state index in [9.17, 15) is 4.79 Å². The lowest BCUT2D eigenvalue weighted by atomic mass is 9.68. The van der Waals surface area contributed by atoms with Gasteiger partial charge in [-0.1, -0.05) is 30.3 Å². The molecule has 1 aromatic carbocycles. The smallest absolute Gasteiger partial charge is 0.230 e. The number of aromatic nitrogens is 3. The highest BCUT2D eigenvalue weighted by atomic mass is 35.5. The molecule has 0 radical (unpaired) electrons. The Morgan fingerprint density at radius 3 is 2.52 bits per heavy atom. The van der Waals surface area contributed by atoms with Gasteiger partial charge >= 0.3 is 0 Å². The Balaban J connectivity index is 0.00000205. The highest BCUT2D eigenvalue weighted by Crippen LogP contribution is 2.47. The first kappa shape index (κ1) is 20.4. The summed E-state index contributed by atoms with van der Waals surface area (Å²) in [5.41, 5.74) is 0.995. The first-order valence-electron chi connectivity index (χ1n) is 10.6. The number of halogens is 1. The Kier molecular flexibility index (Phi) is 5.67. The Morgan fingerprint density at radius 1 is 1.17 bits per heavy atom. The molecular formula is C22H30ClN5O. The van der Waals surface area contributed by atoms with E-state index in [0.717, 1.165) is 56.8 Å². The molecule has 156 valence electrons. The molecular weight excluding hydrogens is 386 g/mol. The second kappa shape index (κ2) is 8.07. The zero-order valence-corrected chi connectivity index (χ0v) is 17.8. The van der Waals surface area contributed by atoms with Gasteiger partial charge in [-0.05, 0) is 51.0 Å². The Morgan fingerprint density at radius 2 is 1.93 bits per heavy atom. The van der Waals surface area contributed by atoms with Crippen molar-refractivity contribution in [2.75, 3.05) is 13.1 Å². The number of benzene rings is 1. The predicted molar refractivity (Wildman–Crippen MR) is 114 cm³/mol. The quantitative estimate of drug-likeness (QED) is 0.805. The van der Waals surface area contributed by atoms with Crippen LogP contribution in [-0.2, 0) is 11.2 Å². The van der Waals surface area contributed by atoms with Gasteiger partial charge in [0.25, 0.3) is 0 Å².